The van der Waals surface area contributed by atoms with Gasteiger partial charge in [0.1, 0.15) is 0 Å². The first-order valence-corrected chi connectivity index (χ1v) is 10.9. The Kier molecular flexibility index (Phi) is 6.33. The lowest BCUT2D eigenvalue weighted by atomic mass is 9.97. The molecule has 29 heavy (non-hydrogen) atoms. The fraction of sp³-hybridized carbons (Fsp3) is 0.421. The molecule has 156 valence electrons. The summed E-state index contributed by atoms with van der Waals surface area (Å²) in [4.78, 5) is 39.5. The summed E-state index contributed by atoms with van der Waals surface area (Å²) in [5, 5.41) is 2.91. The van der Waals surface area contributed by atoms with Crippen LogP contribution in [0.5, 0.6) is 0 Å². The number of sulfonamides is 1. The molecular weight excluding hydrogens is 396 g/mol. The number of hydrogen-bond donors (Lipinski definition) is 3. The fourth-order valence-electron chi connectivity index (χ4n) is 3.51. The lowest BCUT2D eigenvalue weighted by molar-refractivity contribution is -0.126. The van der Waals surface area contributed by atoms with Gasteiger partial charge in [0.25, 0.3) is 5.56 Å². The minimum absolute atomic E-state index is 0.000437. The molecule has 1 amide bonds. The largest absolute Gasteiger partial charge is 0.356 e. The molecule has 2 aromatic rings. The van der Waals surface area contributed by atoms with Crippen molar-refractivity contribution in [1.82, 2.24) is 19.6 Å². The number of carbonyl (C=O) groups excluding carboxylic acids is 1. The number of nitrogens with zero attached hydrogens (tertiary/aromatic N) is 1. The Hall–Kier alpha value is -2.72. The highest BCUT2D eigenvalue weighted by molar-refractivity contribution is 7.89. The summed E-state index contributed by atoms with van der Waals surface area (Å²) in [7, 11) is -4.05. The highest BCUT2D eigenvalue weighted by atomic mass is 32.2. The van der Waals surface area contributed by atoms with E-state index in [1.54, 1.807) is 0 Å². The molecule has 1 fully saturated rings. The number of carbonyl (C=O) groups is 1. The van der Waals surface area contributed by atoms with Crippen LogP contribution in [0.1, 0.15) is 24.1 Å². The van der Waals surface area contributed by atoms with Crippen LogP contribution >= 0.6 is 0 Å². The van der Waals surface area contributed by atoms with Crippen molar-refractivity contribution in [2.24, 2.45) is 5.92 Å². The number of hydrogen-bond acceptors (Lipinski definition) is 5. The standard InChI is InChI=1S/C19H24N4O5S/c1-13-16(18(25)22-19(26)21-13)29(27,28)23-11-8-15(9-12-23)17(24)20-10-7-14-5-3-2-4-6-14/h2-6,15H,7-12H2,1H3,(H,20,24)(H2,21,22,25,26). The summed E-state index contributed by atoms with van der Waals surface area (Å²) in [6, 6.07) is 9.82. The van der Waals surface area contributed by atoms with Gasteiger partial charge in [0, 0.05) is 31.2 Å². The van der Waals surface area contributed by atoms with Crippen LogP contribution < -0.4 is 16.6 Å². The van der Waals surface area contributed by atoms with E-state index in [1.807, 2.05) is 35.3 Å². The van der Waals surface area contributed by atoms with E-state index < -0.39 is 26.2 Å². The van der Waals surface area contributed by atoms with Crippen LogP contribution in [0.15, 0.2) is 44.8 Å². The lowest BCUT2D eigenvalue weighted by Gasteiger charge is -2.30. The van der Waals surface area contributed by atoms with Gasteiger partial charge in [-0.1, -0.05) is 30.3 Å². The summed E-state index contributed by atoms with van der Waals surface area (Å²) in [5.74, 6) is -0.358. The number of benzene rings is 1. The van der Waals surface area contributed by atoms with E-state index in [0.717, 1.165) is 12.0 Å². The van der Waals surface area contributed by atoms with E-state index in [4.69, 9.17) is 0 Å². The molecule has 2 heterocycles. The molecule has 10 heteroatoms. The third-order valence-electron chi connectivity index (χ3n) is 5.05. The second kappa shape index (κ2) is 8.75. The molecular formula is C19H24N4O5S. The van der Waals surface area contributed by atoms with Gasteiger partial charge in [0.2, 0.25) is 15.9 Å². The van der Waals surface area contributed by atoms with Crippen LogP contribution in [-0.2, 0) is 21.2 Å². The average molecular weight is 420 g/mol. The monoisotopic (exact) mass is 420 g/mol. The number of amides is 1. The zero-order valence-electron chi connectivity index (χ0n) is 16.1. The summed E-state index contributed by atoms with van der Waals surface area (Å²) in [6.45, 7) is 2.16. The van der Waals surface area contributed by atoms with Crippen molar-refractivity contribution >= 4 is 15.9 Å². The summed E-state index contributed by atoms with van der Waals surface area (Å²) < 4.78 is 26.8. The molecule has 0 radical (unpaired) electrons. The van der Waals surface area contributed by atoms with Gasteiger partial charge in [0.15, 0.2) is 4.90 Å². The Bertz CT molecular complexity index is 1080. The number of aromatic nitrogens is 2. The molecule has 1 saturated heterocycles. The van der Waals surface area contributed by atoms with E-state index in [1.165, 1.54) is 11.2 Å². The summed E-state index contributed by atoms with van der Waals surface area (Å²) in [6.07, 6.45) is 1.47. The molecule has 9 nitrogen and oxygen atoms in total. The third-order valence-corrected chi connectivity index (χ3v) is 7.11. The van der Waals surface area contributed by atoms with E-state index in [-0.39, 0.29) is 30.6 Å². The van der Waals surface area contributed by atoms with Gasteiger partial charge in [0.05, 0.1) is 0 Å². The summed E-state index contributed by atoms with van der Waals surface area (Å²) in [5.41, 5.74) is -0.556. The first-order valence-electron chi connectivity index (χ1n) is 9.44. The van der Waals surface area contributed by atoms with E-state index in [0.29, 0.717) is 19.4 Å². The normalized spacial score (nSPS) is 15.9. The number of H-pyrrole nitrogens is 2. The third kappa shape index (κ3) is 4.83. The van der Waals surface area contributed by atoms with Crippen LogP contribution in [0.3, 0.4) is 0 Å². The maximum absolute atomic E-state index is 12.8. The van der Waals surface area contributed by atoms with Crippen LogP contribution in [-0.4, -0.2) is 48.2 Å². The van der Waals surface area contributed by atoms with Crippen LogP contribution in [0.25, 0.3) is 0 Å². The average Bonchev–Trinajstić information content (AvgIpc) is 2.68. The SMILES string of the molecule is Cc1[nH]c(=O)[nH]c(=O)c1S(=O)(=O)N1CCC(C(=O)NCCc2ccccc2)CC1. The molecule has 0 unspecified atom stereocenters. The van der Waals surface area contributed by atoms with E-state index in [9.17, 15) is 22.8 Å². The predicted octanol–water partition coefficient (Wildman–Crippen LogP) is 0.131. The predicted molar refractivity (Wildman–Crippen MR) is 107 cm³/mol. The molecule has 1 aliphatic heterocycles. The van der Waals surface area contributed by atoms with Gasteiger partial charge >= 0.3 is 5.69 Å². The molecule has 3 N–H and O–H groups in total. The topological polar surface area (TPSA) is 132 Å². The van der Waals surface area contributed by atoms with Crippen LogP contribution in [0.2, 0.25) is 0 Å². The Balaban J connectivity index is 1.58. The van der Waals surface area contributed by atoms with Crippen molar-refractivity contribution in [2.45, 2.75) is 31.1 Å². The van der Waals surface area contributed by atoms with Crippen LogP contribution in [0, 0.1) is 12.8 Å². The van der Waals surface area contributed by atoms with Gasteiger partial charge in [-0.2, -0.15) is 4.31 Å². The zero-order valence-corrected chi connectivity index (χ0v) is 16.9. The van der Waals surface area contributed by atoms with Gasteiger partial charge in [-0.3, -0.25) is 14.6 Å². The molecule has 1 aliphatic rings. The smallest absolute Gasteiger partial charge is 0.325 e. The maximum Gasteiger partial charge on any atom is 0.325 e. The number of aryl methyl sites for hydroxylation is 1. The highest BCUT2D eigenvalue weighted by Gasteiger charge is 2.34. The Morgan fingerprint density at radius 3 is 2.41 bits per heavy atom. The van der Waals surface area contributed by atoms with Crippen molar-refractivity contribution in [2.75, 3.05) is 19.6 Å². The molecule has 0 atom stereocenters. The van der Waals surface area contributed by atoms with Gasteiger partial charge in [-0.25, -0.2) is 13.2 Å². The number of piperidine rings is 1. The second-order valence-electron chi connectivity index (χ2n) is 7.07. The van der Waals surface area contributed by atoms with Crippen molar-refractivity contribution < 1.29 is 13.2 Å². The highest BCUT2D eigenvalue weighted by Crippen LogP contribution is 2.23. The van der Waals surface area contributed by atoms with Crippen molar-refractivity contribution in [3.63, 3.8) is 0 Å². The van der Waals surface area contributed by atoms with Crippen LogP contribution in [0.4, 0.5) is 0 Å². The molecule has 0 spiro atoms. The second-order valence-corrected chi connectivity index (χ2v) is 8.94. The molecule has 1 aromatic carbocycles. The molecule has 0 saturated carbocycles. The van der Waals surface area contributed by atoms with Gasteiger partial charge in [-0.05, 0) is 31.7 Å². The minimum Gasteiger partial charge on any atom is -0.356 e. The fourth-order valence-corrected chi connectivity index (χ4v) is 5.18. The number of aromatic amines is 2. The molecule has 1 aromatic heterocycles. The lowest BCUT2D eigenvalue weighted by Crippen LogP contribution is -2.45. The van der Waals surface area contributed by atoms with Gasteiger partial charge in [-0.15, -0.1) is 0 Å². The van der Waals surface area contributed by atoms with Crippen molar-refractivity contribution in [3.05, 3.63) is 62.4 Å². The maximum atomic E-state index is 12.8. The Morgan fingerprint density at radius 2 is 1.79 bits per heavy atom. The quantitative estimate of drug-likeness (QED) is 0.611. The molecule has 3 rings (SSSR count). The van der Waals surface area contributed by atoms with Crippen molar-refractivity contribution in [1.29, 1.82) is 0 Å². The molecule has 0 bridgehead atoms. The summed E-state index contributed by atoms with van der Waals surface area (Å²) >= 11 is 0. The number of rotatable bonds is 6. The Labute approximate surface area is 168 Å². The zero-order chi connectivity index (χ0) is 21.0. The first kappa shape index (κ1) is 21.0. The Morgan fingerprint density at radius 1 is 1.14 bits per heavy atom. The minimum atomic E-state index is -4.05. The van der Waals surface area contributed by atoms with E-state index in [2.05, 4.69) is 10.3 Å². The molecule has 0 aliphatic carbocycles. The number of nitrogens with one attached hydrogen (secondary N) is 3. The van der Waals surface area contributed by atoms with Gasteiger partial charge < -0.3 is 10.3 Å². The van der Waals surface area contributed by atoms with E-state index >= 15 is 0 Å². The van der Waals surface area contributed by atoms with Crippen molar-refractivity contribution in [3.8, 4) is 0 Å². The first-order chi connectivity index (χ1) is 13.8.